The molecule has 1 aromatic carbocycles. The Bertz CT molecular complexity index is 494. The first-order chi connectivity index (χ1) is 9.00. The van der Waals surface area contributed by atoms with E-state index in [9.17, 15) is 4.79 Å². The van der Waals surface area contributed by atoms with Gasteiger partial charge in [0.15, 0.2) is 0 Å². The Labute approximate surface area is 121 Å². The van der Waals surface area contributed by atoms with E-state index >= 15 is 0 Å². The molecule has 0 amide bonds. The summed E-state index contributed by atoms with van der Waals surface area (Å²) in [6.45, 7) is 6.38. The molecule has 1 rings (SSSR count). The van der Waals surface area contributed by atoms with Crippen molar-refractivity contribution in [2.75, 3.05) is 0 Å². The van der Waals surface area contributed by atoms with Gasteiger partial charge >= 0.3 is 0 Å². The summed E-state index contributed by atoms with van der Waals surface area (Å²) in [6.07, 6.45) is 7.40. The molecule has 0 aromatic heterocycles. The number of allylic oxidation sites excluding steroid dienone is 4. The number of carbonyl (C=O) groups excluding carboxylic acids is 1. The zero-order valence-corrected chi connectivity index (χ0v) is 12.8. The number of hydrogen-bond donors (Lipinski definition) is 1. The van der Waals surface area contributed by atoms with Crippen LogP contribution in [0.25, 0.3) is 0 Å². The van der Waals surface area contributed by atoms with Gasteiger partial charge < -0.3 is 0 Å². The summed E-state index contributed by atoms with van der Waals surface area (Å²) in [5.41, 5.74) is 4.47. The van der Waals surface area contributed by atoms with Gasteiger partial charge in [-0.15, -0.1) is 12.6 Å². The maximum Gasteiger partial charge on any atom is 0.216 e. The SMILES string of the molecule is CC(C)=CCCC(C)=CCc1ccccc1C(=O)S. The average molecular weight is 274 g/mol. The fourth-order valence-corrected chi connectivity index (χ4v) is 2.10. The molecule has 0 fully saturated rings. The predicted molar refractivity (Wildman–Crippen MR) is 85.9 cm³/mol. The smallest absolute Gasteiger partial charge is 0.216 e. The summed E-state index contributed by atoms with van der Waals surface area (Å²) in [5.74, 6) is 0. The molecule has 0 bridgehead atoms. The van der Waals surface area contributed by atoms with Gasteiger partial charge in [-0.2, -0.15) is 0 Å². The molecule has 0 atom stereocenters. The van der Waals surface area contributed by atoms with E-state index in [1.165, 1.54) is 11.1 Å². The van der Waals surface area contributed by atoms with Gasteiger partial charge in [0.25, 0.3) is 0 Å². The molecule has 0 unspecified atom stereocenters. The normalized spacial score (nSPS) is 11.3. The van der Waals surface area contributed by atoms with Crippen LogP contribution in [0.15, 0.2) is 47.6 Å². The quantitative estimate of drug-likeness (QED) is 0.571. The number of thiol groups is 1. The summed E-state index contributed by atoms with van der Waals surface area (Å²) in [4.78, 5) is 11.4. The highest BCUT2D eigenvalue weighted by molar-refractivity contribution is 7.97. The number of benzene rings is 1. The molecule has 0 saturated carbocycles. The van der Waals surface area contributed by atoms with E-state index in [1.54, 1.807) is 0 Å². The van der Waals surface area contributed by atoms with Gasteiger partial charge in [-0.25, -0.2) is 0 Å². The van der Waals surface area contributed by atoms with Gasteiger partial charge in [0.2, 0.25) is 5.12 Å². The molecular formula is C17H22OS. The lowest BCUT2D eigenvalue weighted by molar-refractivity contribution is 0.109. The van der Waals surface area contributed by atoms with Gasteiger partial charge in [-0.3, -0.25) is 4.79 Å². The van der Waals surface area contributed by atoms with Crippen molar-refractivity contribution in [3.8, 4) is 0 Å². The summed E-state index contributed by atoms with van der Waals surface area (Å²) in [6, 6.07) is 7.65. The van der Waals surface area contributed by atoms with Crippen LogP contribution in [-0.4, -0.2) is 5.12 Å². The van der Waals surface area contributed by atoms with Crippen molar-refractivity contribution in [2.45, 2.75) is 40.0 Å². The Morgan fingerprint density at radius 2 is 1.84 bits per heavy atom. The zero-order valence-electron chi connectivity index (χ0n) is 11.9. The molecule has 0 heterocycles. The van der Waals surface area contributed by atoms with Gasteiger partial charge in [-0.05, 0) is 45.6 Å². The minimum Gasteiger partial charge on any atom is -0.282 e. The first kappa shape index (κ1) is 15.8. The van der Waals surface area contributed by atoms with Crippen LogP contribution >= 0.6 is 12.6 Å². The highest BCUT2D eigenvalue weighted by Crippen LogP contribution is 2.14. The van der Waals surface area contributed by atoms with E-state index in [-0.39, 0.29) is 5.12 Å². The molecule has 1 aromatic rings. The third kappa shape index (κ3) is 5.93. The van der Waals surface area contributed by atoms with Crippen molar-refractivity contribution in [2.24, 2.45) is 0 Å². The van der Waals surface area contributed by atoms with Crippen LogP contribution in [-0.2, 0) is 6.42 Å². The second-order valence-corrected chi connectivity index (χ2v) is 5.44. The van der Waals surface area contributed by atoms with Crippen molar-refractivity contribution >= 4 is 17.7 Å². The van der Waals surface area contributed by atoms with E-state index < -0.39 is 0 Å². The second-order valence-electron chi connectivity index (χ2n) is 5.04. The van der Waals surface area contributed by atoms with Gasteiger partial charge in [0, 0.05) is 5.56 Å². The van der Waals surface area contributed by atoms with E-state index in [0.717, 1.165) is 24.8 Å². The van der Waals surface area contributed by atoms with Crippen LogP contribution in [0.1, 0.15) is 49.5 Å². The lowest BCUT2D eigenvalue weighted by atomic mass is 10.0. The van der Waals surface area contributed by atoms with E-state index in [1.807, 2.05) is 24.3 Å². The number of carbonyl (C=O) groups is 1. The Hall–Kier alpha value is -1.28. The van der Waals surface area contributed by atoms with Crippen molar-refractivity contribution in [3.63, 3.8) is 0 Å². The molecule has 0 aliphatic carbocycles. The molecule has 0 N–H and O–H groups in total. The molecule has 0 saturated heterocycles. The highest BCUT2D eigenvalue weighted by Gasteiger charge is 2.05. The van der Waals surface area contributed by atoms with Crippen molar-refractivity contribution in [1.29, 1.82) is 0 Å². The molecule has 0 aliphatic rings. The molecule has 0 radical (unpaired) electrons. The topological polar surface area (TPSA) is 17.1 Å². The second kappa shape index (κ2) is 8.00. The molecular weight excluding hydrogens is 252 g/mol. The molecule has 19 heavy (non-hydrogen) atoms. The lowest BCUT2D eigenvalue weighted by Gasteiger charge is -2.04. The first-order valence-electron chi connectivity index (χ1n) is 6.61. The van der Waals surface area contributed by atoms with Gasteiger partial charge in [-0.1, -0.05) is 47.6 Å². The minimum absolute atomic E-state index is 0.161. The molecule has 2 heteroatoms. The van der Waals surface area contributed by atoms with Crippen LogP contribution in [0.2, 0.25) is 0 Å². The maximum atomic E-state index is 11.4. The molecule has 0 aliphatic heterocycles. The third-order valence-corrected chi connectivity index (χ3v) is 3.25. The first-order valence-corrected chi connectivity index (χ1v) is 7.05. The largest absolute Gasteiger partial charge is 0.282 e. The van der Waals surface area contributed by atoms with E-state index in [0.29, 0.717) is 5.56 Å². The number of rotatable bonds is 6. The molecule has 102 valence electrons. The lowest BCUT2D eigenvalue weighted by Crippen LogP contribution is -1.96. The zero-order chi connectivity index (χ0) is 14.3. The molecule has 0 spiro atoms. The number of hydrogen-bond acceptors (Lipinski definition) is 1. The fourth-order valence-electron chi connectivity index (χ4n) is 1.88. The Balaban J connectivity index is 2.65. The van der Waals surface area contributed by atoms with Crippen molar-refractivity contribution in [1.82, 2.24) is 0 Å². The van der Waals surface area contributed by atoms with Crippen LogP contribution in [0.5, 0.6) is 0 Å². The Morgan fingerprint density at radius 1 is 1.16 bits per heavy atom. The summed E-state index contributed by atoms with van der Waals surface area (Å²) >= 11 is 3.91. The molecule has 1 nitrogen and oxygen atoms in total. The van der Waals surface area contributed by atoms with Crippen LogP contribution in [0, 0.1) is 0 Å². The van der Waals surface area contributed by atoms with Crippen molar-refractivity contribution in [3.05, 3.63) is 58.7 Å². The maximum absolute atomic E-state index is 11.4. The van der Waals surface area contributed by atoms with Crippen LogP contribution in [0.3, 0.4) is 0 Å². The van der Waals surface area contributed by atoms with Gasteiger partial charge in [0.1, 0.15) is 0 Å². The Kier molecular flexibility index (Phi) is 6.65. The van der Waals surface area contributed by atoms with Gasteiger partial charge in [0.05, 0.1) is 0 Å². The van der Waals surface area contributed by atoms with Crippen LogP contribution in [0.4, 0.5) is 0 Å². The Morgan fingerprint density at radius 3 is 2.47 bits per heavy atom. The summed E-state index contributed by atoms with van der Waals surface area (Å²) < 4.78 is 0. The standard InChI is InChI=1S/C17H22OS/c1-13(2)7-6-8-14(3)11-12-15-9-4-5-10-16(15)17(18)19/h4-5,7,9-11H,6,8,12H2,1-3H3,(H,18,19). The predicted octanol–water partition coefficient (Wildman–Crippen LogP) is 4.99. The van der Waals surface area contributed by atoms with Crippen LogP contribution < -0.4 is 0 Å². The highest BCUT2D eigenvalue weighted by atomic mass is 32.1. The average Bonchev–Trinajstić information content (AvgIpc) is 2.36. The minimum atomic E-state index is -0.161. The monoisotopic (exact) mass is 274 g/mol. The summed E-state index contributed by atoms with van der Waals surface area (Å²) in [5, 5.41) is -0.161. The van der Waals surface area contributed by atoms with Crippen molar-refractivity contribution < 1.29 is 4.79 Å². The van der Waals surface area contributed by atoms with E-state index in [4.69, 9.17) is 0 Å². The third-order valence-electron chi connectivity index (χ3n) is 3.01. The fraction of sp³-hybridized carbons (Fsp3) is 0.353. The summed E-state index contributed by atoms with van der Waals surface area (Å²) in [7, 11) is 0. The van der Waals surface area contributed by atoms with E-state index in [2.05, 4.69) is 45.6 Å².